The average Bonchev–Trinajstić information content (AvgIpc) is 2.92. The molecule has 4 nitrogen and oxygen atoms in total. The van der Waals surface area contributed by atoms with Gasteiger partial charge in [0.1, 0.15) is 5.65 Å². The molecule has 0 saturated heterocycles. The fraction of sp³-hybridized carbons (Fsp3) is 0.385. The van der Waals surface area contributed by atoms with Crippen molar-refractivity contribution in [3.8, 4) is 0 Å². The lowest BCUT2D eigenvalue weighted by Crippen LogP contribution is -2.24. The van der Waals surface area contributed by atoms with Crippen molar-refractivity contribution < 1.29 is 4.79 Å². The highest BCUT2D eigenvalue weighted by molar-refractivity contribution is 6.30. The minimum absolute atomic E-state index is 0.137. The number of hydrogen-bond donors (Lipinski definition) is 1. The molecule has 2 unspecified atom stereocenters. The predicted octanol–water partition coefficient (Wildman–Crippen LogP) is 2.26. The quantitative estimate of drug-likeness (QED) is 0.923. The third-order valence-corrected chi connectivity index (χ3v) is 3.58. The van der Waals surface area contributed by atoms with Gasteiger partial charge in [0.05, 0.1) is 17.3 Å². The van der Waals surface area contributed by atoms with Crippen LogP contribution in [0.15, 0.2) is 24.5 Å². The summed E-state index contributed by atoms with van der Waals surface area (Å²) in [6.45, 7) is 2.57. The first-order chi connectivity index (χ1) is 8.63. The maximum absolute atomic E-state index is 11.7. The average molecular weight is 264 g/mol. The summed E-state index contributed by atoms with van der Waals surface area (Å²) in [6, 6.07) is 3.66. The number of imidazole rings is 1. The van der Waals surface area contributed by atoms with Gasteiger partial charge in [-0.2, -0.15) is 0 Å². The van der Waals surface area contributed by atoms with Crippen molar-refractivity contribution in [2.24, 2.45) is 11.8 Å². The molecule has 0 radical (unpaired) electrons. The van der Waals surface area contributed by atoms with Crippen LogP contribution in [0.4, 0.5) is 0 Å². The van der Waals surface area contributed by atoms with Crippen molar-refractivity contribution in [2.45, 2.75) is 19.9 Å². The fourth-order valence-corrected chi connectivity index (χ4v) is 2.27. The van der Waals surface area contributed by atoms with Crippen LogP contribution in [-0.4, -0.2) is 15.3 Å². The third-order valence-electron chi connectivity index (χ3n) is 3.35. The molecule has 0 aromatic carbocycles. The second-order valence-electron chi connectivity index (χ2n) is 4.88. The SMILES string of the molecule is CC1CC1C(=O)NCc1cn2cc(Cl)ccc2n1. The molecule has 0 bridgehead atoms. The first-order valence-electron chi connectivity index (χ1n) is 6.04. The molecular weight excluding hydrogens is 250 g/mol. The maximum atomic E-state index is 11.7. The largest absolute Gasteiger partial charge is 0.350 e. The number of aromatic nitrogens is 2. The van der Waals surface area contributed by atoms with Gasteiger partial charge in [-0.25, -0.2) is 4.98 Å². The molecule has 1 saturated carbocycles. The number of fused-ring (bicyclic) bond motifs is 1. The number of carbonyl (C=O) groups excluding carboxylic acids is 1. The van der Waals surface area contributed by atoms with Crippen LogP contribution in [-0.2, 0) is 11.3 Å². The Bertz CT molecular complexity index is 607. The van der Waals surface area contributed by atoms with Crippen molar-refractivity contribution in [1.29, 1.82) is 0 Å². The predicted molar refractivity (Wildman–Crippen MR) is 69.3 cm³/mol. The minimum atomic E-state index is 0.137. The molecule has 2 aromatic heterocycles. The van der Waals surface area contributed by atoms with Crippen LogP contribution in [0.25, 0.3) is 5.65 Å². The number of carbonyl (C=O) groups is 1. The maximum Gasteiger partial charge on any atom is 0.223 e. The van der Waals surface area contributed by atoms with E-state index in [0.29, 0.717) is 17.5 Å². The summed E-state index contributed by atoms with van der Waals surface area (Å²) in [5, 5.41) is 3.59. The summed E-state index contributed by atoms with van der Waals surface area (Å²) in [7, 11) is 0. The van der Waals surface area contributed by atoms with Crippen LogP contribution >= 0.6 is 11.6 Å². The van der Waals surface area contributed by atoms with Gasteiger partial charge in [0, 0.05) is 18.3 Å². The normalized spacial score (nSPS) is 22.1. The zero-order chi connectivity index (χ0) is 12.7. The first kappa shape index (κ1) is 11.5. The Kier molecular flexibility index (Phi) is 2.74. The van der Waals surface area contributed by atoms with E-state index >= 15 is 0 Å². The zero-order valence-corrected chi connectivity index (χ0v) is 10.8. The number of pyridine rings is 1. The van der Waals surface area contributed by atoms with Crippen LogP contribution in [0.1, 0.15) is 19.0 Å². The summed E-state index contributed by atoms with van der Waals surface area (Å²) < 4.78 is 1.86. The summed E-state index contributed by atoms with van der Waals surface area (Å²) in [5.41, 5.74) is 1.68. The van der Waals surface area contributed by atoms with Gasteiger partial charge in [0.2, 0.25) is 5.91 Å². The Morgan fingerprint density at radius 3 is 3.06 bits per heavy atom. The Labute approximate surface area is 110 Å². The molecule has 3 rings (SSSR count). The smallest absolute Gasteiger partial charge is 0.223 e. The highest BCUT2D eigenvalue weighted by Crippen LogP contribution is 2.37. The summed E-state index contributed by atoms with van der Waals surface area (Å²) in [6.07, 6.45) is 4.70. The highest BCUT2D eigenvalue weighted by Gasteiger charge is 2.38. The monoisotopic (exact) mass is 263 g/mol. The molecule has 1 N–H and O–H groups in total. The van der Waals surface area contributed by atoms with Crippen molar-refractivity contribution in [3.05, 3.63) is 35.2 Å². The number of hydrogen-bond acceptors (Lipinski definition) is 2. The topological polar surface area (TPSA) is 46.4 Å². The van der Waals surface area contributed by atoms with Crippen molar-refractivity contribution >= 4 is 23.2 Å². The lowest BCUT2D eigenvalue weighted by Gasteiger charge is -2.00. The van der Waals surface area contributed by atoms with E-state index in [-0.39, 0.29) is 11.8 Å². The van der Waals surface area contributed by atoms with Crippen molar-refractivity contribution in [2.75, 3.05) is 0 Å². The molecule has 1 amide bonds. The van der Waals surface area contributed by atoms with E-state index in [1.54, 1.807) is 12.3 Å². The molecule has 1 aliphatic carbocycles. The van der Waals surface area contributed by atoms with E-state index in [0.717, 1.165) is 17.8 Å². The Balaban J connectivity index is 1.69. The van der Waals surface area contributed by atoms with E-state index in [4.69, 9.17) is 11.6 Å². The zero-order valence-electron chi connectivity index (χ0n) is 10.1. The second kappa shape index (κ2) is 4.28. The van der Waals surface area contributed by atoms with Crippen LogP contribution < -0.4 is 5.32 Å². The van der Waals surface area contributed by atoms with Gasteiger partial charge in [-0.3, -0.25) is 4.79 Å². The second-order valence-corrected chi connectivity index (χ2v) is 5.32. The van der Waals surface area contributed by atoms with E-state index in [1.807, 2.05) is 16.7 Å². The van der Waals surface area contributed by atoms with Gasteiger partial charge in [0.15, 0.2) is 0 Å². The lowest BCUT2D eigenvalue weighted by molar-refractivity contribution is -0.122. The molecule has 94 valence electrons. The number of nitrogens with zero attached hydrogens (tertiary/aromatic N) is 2. The van der Waals surface area contributed by atoms with Crippen LogP contribution in [0.5, 0.6) is 0 Å². The molecule has 1 aliphatic rings. The van der Waals surface area contributed by atoms with E-state index < -0.39 is 0 Å². The van der Waals surface area contributed by atoms with E-state index in [2.05, 4.69) is 17.2 Å². The van der Waals surface area contributed by atoms with Gasteiger partial charge in [0.25, 0.3) is 0 Å². The Hall–Kier alpha value is -1.55. The molecule has 0 aliphatic heterocycles. The van der Waals surface area contributed by atoms with Gasteiger partial charge in [-0.05, 0) is 24.5 Å². The molecule has 5 heteroatoms. The van der Waals surface area contributed by atoms with E-state index in [1.165, 1.54) is 0 Å². The third kappa shape index (κ3) is 2.20. The van der Waals surface area contributed by atoms with Gasteiger partial charge in [-0.15, -0.1) is 0 Å². The summed E-state index contributed by atoms with van der Waals surface area (Å²) in [5.74, 6) is 0.874. The molecular formula is C13H14ClN3O. The minimum Gasteiger partial charge on any atom is -0.350 e. The highest BCUT2D eigenvalue weighted by atomic mass is 35.5. The number of nitrogens with one attached hydrogen (secondary N) is 1. The molecule has 2 heterocycles. The van der Waals surface area contributed by atoms with E-state index in [9.17, 15) is 4.79 Å². The van der Waals surface area contributed by atoms with Crippen LogP contribution in [0, 0.1) is 11.8 Å². The standard InChI is InChI=1S/C13H14ClN3O/c1-8-4-11(8)13(18)15-5-10-7-17-6-9(14)2-3-12(17)16-10/h2-3,6-8,11H,4-5H2,1H3,(H,15,18). The Morgan fingerprint density at radius 2 is 2.33 bits per heavy atom. The van der Waals surface area contributed by atoms with Crippen molar-refractivity contribution in [3.63, 3.8) is 0 Å². The Morgan fingerprint density at radius 1 is 1.56 bits per heavy atom. The number of halogens is 1. The molecule has 18 heavy (non-hydrogen) atoms. The molecule has 0 spiro atoms. The van der Waals surface area contributed by atoms with Crippen LogP contribution in [0.2, 0.25) is 5.02 Å². The molecule has 2 aromatic rings. The summed E-state index contributed by atoms with van der Waals surface area (Å²) in [4.78, 5) is 16.1. The summed E-state index contributed by atoms with van der Waals surface area (Å²) >= 11 is 5.90. The molecule has 1 fully saturated rings. The number of rotatable bonds is 3. The van der Waals surface area contributed by atoms with Gasteiger partial charge >= 0.3 is 0 Å². The van der Waals surface area contributed by atoms with Gasteiger partial charge in [-0.1, -0.05) is 18.5 Å². The fourth-order valence-electron chi connectivity index (χ4n) is 2.10. The van der Waals surface area contributed by atoms with Crippen LogP contribution in [0.3, 0.4) is 0 Å². The first-order valence-corrected chi connectivity index (χ1v) is 6.42. The molecule has 2 atom stereocenters. The lowest BCUT2D eigenvalue weighted by atomic mass is 10.3. The van der Waals surface area contributed by atoms with Crippen molar-refractivity contribution in [1.82, 2.24) is 14.7 Å². The van der Waals surface area contributed by atoms with Gasteiger partial charge < -0.3 is 9.72 Å². The number of amides is 1.